The number of aryl methyl sites for hydroxylation is 1. The van der Waals surface area contributed by atoms with E-state index < -0.39 is 11.7 Å². The van der Waals surface area contributed by atoms with Crippen LogP contribution in [0.15, 0.2) is 42.5 Å². The number of aromatic nitrogens is 2. The summed E-state index contributed by atoms with van der Waals surface area (Å²) >= 11 is 0. The minimum Gasteiger partial charge on any atom is -0.508 e. The number of para-hydroxylation sites is 1. The smallest absolute Gasteiger partial charge is 0.418 e. The number of hydrogen-bond donors (Lipinski definition) is 1. The van der Waals surface area contributed by atoms with Gasteiger partial charge in [-0.25, -0.2) is 0 Å². The topological polar surface area (TPSA) is 38.0 Å². The highest BCUT2D eigenvalue weighted by Crippen LogP contribution is 2.38. The van der Waals surface area contributed by atoms with Gasteiger partial charge in [-0.2, -0.15) is 18.3 Å². The van der Waals surface area contributed by atoms with Crippen LogP contribution in [0.1, 0.15) is 25.3 Å². The lowest BCUT2D eigenvalue weighted by molar-refractivity contribution is -0.136. The molecule has 2 aromatic carbocycles. The average molecular weight is 334 g/mol. The summed E-state index contributed by atoms with van der Waals surface area (Å²) in [6.45, 7) is 2.41. The summed E-state index contributed by atoms with van der Waals surface area (Å²) in [5.74, 6) is 0.101. The average Bonchev–Trinajstić information content (AvgIpc) is 2.91. The van der Waals surface area contributed by atoms with E-state index in [4.69, 9.17) is 0 Å². The van der Waals surface area contributed by atoms with Crippen LogP contribution in [0.25, 0.3) is 22.2 Å². The van der Waals surface area contributed by atoms with Crippen LogP contribution in [0.3, 0.4) is 0 Å². The van der Waals surface area contributed by atoms with Gasteiger partial charge in [-0.15, -0.1) is 0 Å². The molecule has 0 saturated heterocycles. The van der Waals surface area contributed by atoms with E-state index in [0.717, 1.165) is 18.9 Å². The van der Waals surface area contributed by atoms with Gasteiger partial charge in [0.1, 0.15) is 11.4 Å². The summed E-state index contributed by atoms with van der Waals surface area (Å²) < 4.78 is 41.7. The van der Waals surface area contributed by atoms with Gasteiger partial charge in [0.25, 0.3) is 0 Å². The molecule has 3 aromatic rings. The Kier molecular flexibility index (Phi) is 4.22. The minimum atomic E-state index is -4.43. The third kappa shape index (κ3) is 2.96. The number of phenols is 1. The van der Waals surface area contributed by atoms with E-state index in [1.807, 2.05) is 6.92 Å². The minimum absolute atomic E-state index is 0.101. The number of hydrogen-bond acceptors (Lipinski definition) is 2. The number of fused-ring (bicyclic) bond motifs is 1. The van der Waals surface area contributed by atoms with Crippen molar-refractivity contribution in [1.29, 1.82) is 0 Å². The second-order valence-corrected chi connectivity index (χ2v) is 5.67. The maximum atomic E-state index is 13.4. The Balaban J connectivity index is 2.26. The molecule has 6 heteroatoms. The summed E-state index contributed by atoms with van der Waals surface area (Å²) in [6, 6.07) is 10.5. The SMILES string of the molecule is CCCCn1nc(-c2ccc(O)cc2)c2cccc(C(F)(F)F)c21. The van der Waals surface area contributed by atoms with Crippen LogP contribution in [0.2, 0.25) is 0 Å². The normalized spacial score (nSPS) is 12.0. The molecule has 0 atom stereocenters. The highest BCUT2D eigenvalue weighted by Gasteiger charge is 2.34. The Morgan fingerprint density at radius 3 is 2.42 bits per heavy atom. The molecule has 126 valence electrons. The second-order valence-electron chi connectivity index (χ2n) is 5.67. The second kappa shape index (κ2) is 6.19. The molecule has 3 rings (SSSR count). The first-order valence-corrected chi connectivity index (χ1v) is 7.78. The molecule has 1 aromatic heterocycles. The van der Waals surface area contributed by atoms with E-state index in [9.17, 15) is 18.3 Å². The van der Waals surface area contributed by atoms with E-state index in [2.05, 4.69) is 5.10 Å². The van der Waals surface area contributed by atoms with Gasteiger partial charge in [0.2, 0.25) is 0 Å². The molecule has 1 heterocycles. The summed E-state index contributed by atoms with van der Waals surface area (Å²) in [5, 5.41) is 14.3. The van der Waals surface area contributed by atoms with Crippen molar-refractivity contribution in [2.24, 2.45) is 0 Å². The number of halogens is 3. The fourth-order valence-corrected chi connectivity index (χ4v) is 2.77. The maximum absolute atomic E-state index is 13.4. The van der Waals surface area contributed by atoms with Gasteiger partial charge in [0, 0.05) is 17.5 Å². The highest BCUT2D eigenvalue weighted by molar-refractivity contribution is 5.95. The van der Waals surface area contributed by atoms with Crippen LogP contribution in [0, 0.1) is 0 Å². The molecule has 1 N–H and O–H groups in total. The number of benzene rings is 2. The summed E-state index contributed by atoms with van der Waals surface area (Å²) in [5.41, 5.74) is 0.606. The summed E-state index contributed by atoms with van der Waals surface area (Å²) in [7, 11) is 0. The number of unbranched alkanes of at least 4 members (excludes halogenated alkanes) is 1. The Bertz CT molecular complexity index is 851. The van der Waals surface area contributed by atoms with Gasteiger partial charge < -0.3 is 5.11 Å². The Labute approximate surface area is 137 Å². The molecule has 0 amide bonds. The lowest BCUT2D eigenvalue weighted by atomic mass is 10.0. The van der Waals surface area contributed by atoms with Crippen LogP contribution in [-0.2, 0) is 12.7 Å². The number of aromatic hydroxyl groups is 1. The zero-order valence-electron chi connectivity index (χ0n) is 13.1. The third-order valence-corrected chi connectivity index (χ3v) is 3.94. The molecule has 0 bridgehead atoms. The van der Waals surface area contributed by atoms with Crippen molar-refractivity contribution in [1.82, 2.24) is 9.78 Å². The van der Waals surface area contributed by atoms with Crippen molar-refractivity contribution in [2.45, 2.75) is 32.5 Å². The van der Waals surface area contributed by atoms with Gasteiger partial charge in [0.05, 0.1) is 11.1 Å². The zero-order chi connectivity index (χ0) is 17.3. The van der Waals surface area contributed by atoms with Crippen molar-refractivity contribution in [3.63, 3.8) is 0 Å². The van der Waals surface area contributed by atoms with Gasteiger partial charge in [-0.05, 0) is 36.8 Å². The standard InChI is InChI=1S/C18H17F3N2O/c1-2-3-11-23-17-14(5-4-6-15(17)18(19,20)21)16(22-23)12-7-9-13(24)10-8-12/h4-10,24H,2-3,11H2,1H3. The first kappa shape index (κ1) is 16.4. The van der Waals surface area contributed by atoms with Crippen molar-refractivity contribution in [3.05, 3.63) is 48.0 Å². The number of alkyl halides is 3. The zero-order valence-corrected chi connectivity index (χ0v) is 13.1. The largest absolute Gasteiger partial charge is 0.508 e. The highest BCUT2D eigenvalue weighted by atomic mass is 19.4. The van der Waals surface area contributed by atoms with E-state index in [1.165, 1.54) is 22.9 Å². The van der Waals surface area contributed by atoms with Crippen molar-refractivity contribution < 1.29 is 18.3 Å². The van der Waals surface area contributed by atoms with E-state index >= 15 is 0 Å². The van der Waals surface area contributed by atoms with Gasteiger partial charge in [-0.1, -0.05) is 25.5 Å². The molecular formula is C18H17F3N2O. The molecule has 3 nitrogen and oxygen atoms in total. The van der Waals surface area contributed by atoms with Crippen LogP contribution < -0.4 is 0 Å². The molecule has 0 unspecified atom stereocenters. The van der Waals surface area contributed by atoms with Gasteiger partial charge >= 0.3 is 6.18 Å². The van der Waals surface area contributed by atoms with Crippen LogP contribution in [0.5, 0.6) is 5.75 Å². The molecule has 0 radical (unpaired) electrons. The first-order valence-electron chi connectivity index (χ1n) is 7.78. The van der Waals surface area contributed by atoms with E-state index in [-0.39, 0.29) is 11.3 Å². The molecule has 0 spiro atoms. The predicted octanol–water partition coefficient (Wildman–Crippen LogP) is 5.23. The van der Waals surface area contributed by atoms with Gasteiger partial charge in [0.15, 0.2) is 0 Å². The Morgan fingerprint density at radius 2 is 1.79 bits per heavy atom. The molecule has 0 aliphatic rings. The van der Waals surface area contributed by atoms with Gasteiger partial charge in [-0.3, -0.25) is 4.68 Å². The lowest BCUT2D eigenvalue weighted by Crippen LogP contribution is -2.09. The van der Waals surface area contributed by atoms with Crippen molar-refractivity contribution in [2.75, 3.05) is 0 Å². The molecule has 0 aliphatic heterocycles. The monoisotopic (exact) mass is 334 g/mol. The number of rotatable bonds is 4. The Morgan fingerprint density at radius 1 is 1.08 bits per heavy atom. The summed E-state index contributed by atoms with van der Waals surface area (Å²) in [4.78, 5) is 0. The fourth-order valence-electron chi connectivity index (χ4n) is 2.77. The molecule has 0 fully saturated rings. The first-order chi connectivity index (χ1) is 11.4. The molecule has 24 heavy (non-hydrogen) atoms. The maximum Gasteiger partial charge on any atom is 0.418 e. The van der Waals surface area contributed by atoms with Crippen molar-refractivity contribution >= 4 is 10.9 Å². The third-order valence-electron chi connectivity index (χ3n) is 3.94. The Hall–Kier alpha value is -2.50. The van der Waals surface area contributed by atoms with Crippen molar-refractivity contribution in [3.8, 4) is 17.0 Å². The van der Waals surface area contributed by atoms with Crippen LogP contribution >= 0.6 is 0 Å². The fraction of sp³-hybridized carbons (Fsp3) is 0.278. The summed E-state index contributed by atoms with van der Waals surface area (Å²) in [6.07, 6.45) is -2.82. The molecule has 0 aliphatic carbocycles. The molecule has 0 saturated carbocycles. The van der Waals surface area contributed by atoms with E-state index in [1.54, 1.807) is 18.2 Å². The van der Waals surface area contributed by atoms with Crippen LogP contribution in [0.4, 0.5) is 13.2 Å². The number of phenolic OH excluding ortho intramolecular Hbond substituents is 1. The molecular weight excluding hydrogens is 317 g/mol. The quantitative estimate of drug-likeness (QED) is 0.709. The lowest BCUT2D eigenvalue weighted by Gasteiger charge is -2.10. The number of nitrogens with zero attached hydrogens (tertiary/aromatic N) is 2. The predicted molar refractivity (Wildman–Crippen MR) is 86.7 cm³/mol. The van der Waals surface area contributed by atoms with Crippen LogP contribution in [-0.4, -0.2) is 14.9 Å². The van der Waals surface area contributed by atoms with E-state index in [0.29, 0.717) is 23.2 Å².